The van der Waals surface area contributed by atoms with E-state index in [0.29, 0.717) is 22.6 Å². The average Bonchev–Trinajstić information content (AvgIpc) is 3.30. The van der Waals surface area contributed by atoms with Gasteiger partial charge in [-0.25, -0.2) is 9.79 Å². The third kappa shape index (κ3) is 4.15. The van der Waals surface area contributed by atoms with Crippen LogP contribution in [0.3, 0.4) is 0 Å². The molecule has 7 nitrogen and oxygen atoms in total. The predicted molar refractivity (Wildman–Crippen MR) is 109 cm³/mol. The monoisotopic (exact) mass is 402 g/mol. The number of methoxy groups -OCH3 is 1. The van der Waals surface area contributed by atoms with Gasteiger partial charge in [0.15, 0.2) is 0 Å². The van der Waals surface area contributed by atoms with Crippen LogP contribution >= 0.6 is 0 Å². The van der Waals surface area contributed by atoms with Gasteiger partial charge in [0.05, 0.1) is 31.2 Å². The van der Waals surface area contributed by atoms with Gasteiger partial charge < -0.3 is 18.9 Å². The lowest BCUT2D eigenvalue weighted by Gasteiger charge is -2.06. The van der Waals surface area contributed by atoms with Crippen molar-refractivity contribution in [3.05, 3.63) is 95.4 Å². The number of fused-ring (bicyclic) bond motifs is 1. The number of amides is 1. The number of para-hydroxylation sites is 1. The molecule has 0 aliphatic rings. The Balaban J connectivity index is 1.77. The Morgan fingerprint density at radius 2 is 1.90 bits per heavy atom. The normalized spacial score (nSPS) is 11.4. The van der Waals surface area contributed by atoms with Crippen molar-refractivity contribution in [2.24, 2.45) is 4.99 Å². The molecule has 150 valence electrons. The summed E-state index contributed by atoms with van der Waals surface area (Å²) in [6.45, 7) is 0.232. The van der Waals surface area contributed by atoms with Crippen molar-refractivity contribution in [2.45, 2.75) is 6.54 Å². The molecule has 0 fully saturated rings. The molecule has 2 aromatic carbocycles. The standard InChI is InChI=1S/C23H18N2O5/c1-28-23(27)16-7-4-8-17(12-16)25-22-19(13-15-6-2-3-10-20(15)30-22)21(26)24-14-18-9-5-11-29-18/h2-13H,14H2,1H3,(H,24,26). The van der Waals surface area contributed by atoms with E-state index in [1.807, 2.05) is 18.2 Å². The number of hydrogen-bond acceptors (Lipinski definition) is 6. The van der Waals surface area contributed by atoms with Gasteiger partial charge in [0.2, 0.25) is 5.55 Å². The summed E-state index contributed by atoms with van der Waals surface area (Å²) in [5, 5.41) is 3.57. The number of nitrogens with one attached hydrogen (secondary N) is 1. The Kier molecular flexibility index (Phi) is 5.43. The van der Waals surface area contributed by atoms with Gasteiger partial charge >= 0.3 is 5.97 Å². The van der Waals surface area contributed by atoms with Crippen molar-refractivity contribution in [2.75, 3.05) is 7.11 Å². The van der Waals surface area contributed by atoms with Crippen molar-refractivity contribution in [1.29, 1.82) is 0 Å². The van der Waals surface area contributed by atoms with Gasteiger partial charge in [-0.2, -0.15) is 0 Å². The van der Waals surface area contributed by atoms with Gasteiger partial charge in [0, 0.05) is 5.39 Å². The second kappa shape index (κ2) is 8.48. The predicted octanol–water partition coefficient (Wildman–Crippen LogP) is 3.97. The SMILES string of the molecule is COC(=O)c1cccc(N=c2oc3ccccc3cc2C(=O)NCc2ccco2)c1. The number of hydrogen-bond donors (Lipinski definition) is 1. The second-order valence-electron chi connectivity index (χ2n) is 6.42. The molecule has 0 saturated carbocycles. The third-order valence-corrected chi connectivity index (χ3v) is 4.40. The van der Waals surface area contributed by atoms with E-state index in [1.165, 1.54) is 7.11 Å². The van der Waals surface area contributed by atoms with Gasteiger partial charge in [0.25, 0.3) is 5.91 Å². The molecule has 0 aliphatic heterocycles. The summed E-state index contributed by atoms with van der Waals surface area (Å²) in [5.41, 5.74) is 1.79. The number of benzene rings is 2. The maximum atomic E-state index is 12.9. The highest BCUT2D eigenvalue weighted by Crippen LogP contribution is 2.17. The van der Waals surface area contributed by atoms with Crippen LogP contribution in [0.1, 0.15) is 26.5 Å². The molecule has 2 heterocycles. The molecule has 1 N–H and O–H groups in total. The first-order valence-electron chi connectivity index (χ1n) is 9.20. The van der Waals surface area contributed by atoms with Crippen molar-refractivity contribution in [3.8, 4) is 0 Å². The maximum Gasteiger partial charge on any atom is 0.337 e. The number of ether oxygens (including phenoxy) is 1. The van der Waals surface area contributed by atoms with Crippen LogP contribution in [0, 0.1) is 0 Å². The van der Waals surface area contributed by atoms with Gasteiger partial charge in [-0.05, 0) is 42.5 Å². The summed E-state index contributed by atoms with van der Waals surface area (Å²) in [5.74, 6) is -0.201. The highest BCUT2D eigenvalue weighted by molar-refractivity contribution is 5.96. The quantitative estimate of drug-likeness (QED) is 0.510. The molecule has 0 spiro atoms. The second-order valence-corrected chi connectivity index (χ2v) is 6.42. The Morgan fingerprint density at radius 1 is 1.03 bits per heavy atom. The van der Waals surface area contributed by atoms with Crippen molar-refractivity contribution in [1.82, 2.24) is 5.32 Å². The van der Waals surface area contributed by atoms with Crippen LogP contribution in [-0.4, -0.2) is 19.0 Å². The number of rotatable bonds is 5. The Bertz CT molecular complexity index is 1270. The lowest BCUT2D eigenvalue weighted by atomic mass is 10.1. The molecule has 0 atom stereocenters. The topological polar surface area (TPSA) is 94.0 Å². The van der Waals surface area contributed by atoms with Crippen LogP contribution in [-0.2, 0) is 11.3 Å². The van der Waals surface area contributed by atoms with Gasteiger partial charge in [-0.1, -0.05) is 24.3 Å². The van der Waals surface area contributed by atoms with E-state index in [1.54, 1.807) is 54.8 Å². The van der Waals surface area contributed by atoms with Crippen molar-refractivity contribution < 1.29 is 23.2 Å². The first-order chi connectivity index (χ1) is 14.6. The first-order valence-corrected chi connectivity index (χ1v) is 9.20. The molecule has 0 radical (unpaired) electrons. The summed E-state index contributed by atoms with van der Waals surface area (Å²) in [6.07, 6.45) is 1.54. The summed E-state index contributed by atoms with van der Waals surface area (Å²) in [4.78, 5) is 29.2. The van der Waals surface area contributed by atoms with Gasteiger partial charge in [0.1, 0.15) is 16.9 Å². The van der Waals surface area contributed by atoms with E-state index in [4.69, 9.17) is 13.6 Å². The van der Waals surface area contributed by atoms with E-state index < -0.39 is 5.97 Å². The Hall–Kier alpha value is -4.13. The molecule has 4 aromatic rings. The fourth-order valence-electron chi connectivity index (χ4n) is 2.93. The van der Waals surface area contributed by atoms with Crippen molar-refractivity contribution in [3.63, 3.8) is 0 Å². The molecule has 2 aromatic heterocycles. The number of carbonyl (C=O) groups is 2. The fourth-order valence-corrected chi connectivity index (χ4v) is 2.93. The van der Waals surface area contributed by atoms with Crippen LogP contribution in [0.15, 0.2) is 86.8 Å². The first kappa shape index (κ1) is 19.2. The Morgan fingerprint density at radius 3 is 2.70 bits per heavy atom. The van der Waals surface area contributed by atoms with Crippen LogP contribution in [0.25, 0.3) is 11.0 Å². The molecule has 0 unspecified atom stereocenters. The summed E-state index contributed by atoms with van der Waals surface area (Å²) < 4.78 is 15.9. The summed E-state index contributed by atoms with van der Waals surface area (Å²) in [6, 6.07) is 19.2. The molecular weight excluding hydrogens is 384 g/mol. The van der Waals surface area contributed by atoms with Crippen LogP contribution in [0.2, 0.25) is 0 Å². The van der Waals surface area contributed by atoms with Gasteiger partial charge in [-0.3, -0.25) is 4.79 Å². The lowest BCUT2D eigenvalue weighted by Crippen LogP contribution is -2.28. The fraction of sp³-hybridized carbons (Fsp3) is 0.0870. The number of furan rings is 1. The molecule has 30 heavy (non-hydrogen) atoms. The number of nitrogens with zero attached hydrogens (tertiary/aromatic N) is 1. The third-order valence-electron chi connectivity index (χ3n) is 4.40. The lowest BCUT2D eigenvalue weighted by molar-refractivity contribution is 0.0600. The summed E-state index contributed by atoms with van der Waals surface area (Å²) in [7, 11) is 1.31. The molecule has 0 saturated heterocycles. The average molecular weight is 402 g/mol. The zero-order valence-electron chi connectivity index (χ0n) is 16.1. The minimum atomic E-state index is -0.473. The van der Waals surface area contributed by atoms with Crippen LogP contribution in [0.5, 0.6) is 0 Å². The van der Waals surface area contributed by atoms with Crippen LogP contribution in [0.4, 0.5) is 5.69 Å². The molecule has 7 heteroatoms. The minimum Gasteiger partial charge on any atom is -0.467 e. The zero-order chi connectivity index (χ0) is 20.9. The van der Waals surface area contributed by atoms with E-state index in [2.05, 4.69) is 10.3 Å². The van der Waals surface area contributed by atoms with Crippen molar-refractivity contribution >= 4 is 28.5 Å². The molecule has 0 aliphatic carbocycles. The molecule has 4 rings (SSSR count). The van der Waals surface area contributed by atoms with Crippen LogP contribution < -0.4 is 10.9 Å². The van der Waals surface area contributed by atoms with E-state index in [-0.39, 0.29) is 23.6 Å². The summed E-state index contributed by atoms with van der Waals surface area (Å²) >= 11 is 0. The minimum absolute atomic E-state index is 0.132. The largest absolute Gasteiger partial charge is 0.467 e. The zero-order valence-corrected chi connectivity index (χ0v) is 16.1. The number of carbonyl (C=O) groups excluding carboxylic acids is 2. The molecule has 0 bridgehead atoms. The highest BCUT2D eigenvalue weighted by Gasteiger charge is 2.13. The smallest absolute Gasteiger partial charge is 0.337 e. The van der Waals surface area contributed by atoms with E-state index in [0.717, 1.165) is 5.39 Å². The van der Waals surface area contributed by atoms with Gasteiger partial charge in [-0.15, -0.1) is 0 Å². The number of esters is 1. The van der Waals surface area contributed by atoms with E-state index >= 15 is 0 Å². The molecular formula is C23H18N2O5. The highest BCUT2D eigenvalue weighted by atomic mass is 16.5. The Labute approximate surface area is 171 Å². The maximum absolute atomic E-state index is 12.9. The van der Waals surface area contributed by atoms with E-state index in [9.17, 15) is 9.59 Å². The molecule has 1 amide bonds.